The molecular weight excluding hydrogens is 228 g/mol. The Morgan fingerprint density at radius 1 is 1.28 bits per heavy atom. The number of nitrogens with one attached hydrogen (secondary N) is 1. The largest absolute Gasteiger partial charge is 0.381 e. The number of anilines is 1. The van der Waals surface area contributed by atoms with Gasteiger partial charge in [-0.05, 0) is 24.5 Å². The number of hydrogen-bond acceptors (Lipinski definition) is 5. The molecule has 2 aromatic heterocycles. The van der Waals surface area contributed by atoms with Crippen LogP contribution in [0, 0.1) is 5.92 Å². The molecule has 2 aromatic rings. The smallest absolute Gasteiger partial charge is 0.180 e. The van der Waals surface area contributed by atoms with Crippen LogP contribution < -0.4 is 5.32 Å². The highest BCUT2D eigenvalue weighted by Gasteiger charge is 2.21. The molecule has 1 aliphatic heterocycles. The van der Waals surface area contributed by atoms with Gasteiger partial charge in [-0.25, -0.2) is 9.97 Å². The second-order valence-corrected chi connectivity index (χ2v) is 4.69. The van der Waals surface area contributed by atoms with E-state index in [4.69, 9.17) is 4.74 Å². The zero-order valence-electron chi connectivity index (χ0n) is 10.3. The molecule has 0 radical (unpaired) electrons. The molecule has 5 heteroatoms. The number of pyridine rings is 1. The number of rotatable bonds is 2. The van der Waals surface area contributed by atoms with Gasteiger partial charge in [-0.2, -0.15) is 0 Å². The highest BCUT2D eigenvalue weighted by Crippen LogP contribution is 2.19. The van der Waals surface area contributed by atoms with Crippen molar-refractivity contribution in [3.8, 4) is 0 Å². The minimum Gasteiger partial charge on any atom is -0.381 e. The Kier molecular flexibility index (Phi) is 3.06. The average Bonchev–Trinajstić information content (AvgIpc) is 2.41. The number of hydrogen-bond donors (Lipinski definition) is 1. The van der Waals surface area contributed by atoms with Crippen LogP contribution in [-0.2, 0) is 4.74 Å². The number of fused-ring (bicyclic) bond motifs is 1. The molecule has 3 rings (SSSR count). The summed E-state index contributed by atoms with van der Waals surface area (Å²) in [5, 5.41) is 3.46. The minimum atomic E-state index is 0.417. The summed E-state index contributed by atoms with van der Waals surface area (Å²) in [6, 6.07) is 4.32. The molecule has 1 saturated heterocycles. The van der Waals surface area contributed by atoms with Gasteiger partial charge in [-0.1, -0.05) is 6.92 Å². The van der Waals surface area contributed by atoms with Crippen molar-refractivity contribution in [1.82, 2.24) is 15.0 Å². The zero-order valence-corrected chi connectivity index (χ0v) is 10.3. The van der Waals surface area contributed by atoms with Gasteiger partial charge in [-0.15, -0.1) is 0 Å². The quantitative estimate of drug-likeness (QED) is 0.873. The summed E-state index contributed by atoms with van der Waals surface area (Å²) >= 11 is 0. The Labute approximate surface area is 106 Å². The summed E-state index contributed by atoms with van der Waals surface area (Å²) in [5.74, 6) is 1.36. The van der Waals surface area contributed by atoms with Crippen LogP contribution in [0.1, 0.15) is 13.3 Å². The van der Waals surface area contributed by atoms with E-state index in [1.807, 2.05) is 12.1 Å². The molecule has 94 valence electrons. The van der Waals surface area contributed by atoms with Crippen LogP contribution in [-0.4, -0.2) is 34.2 Å². The number of ether oxygens (including phenoxy) is 1. The number of nitrogens with zero attached hydrogens (tertiary/aromatic N) is 3. The lowest BCUT2D eigenvalue weighted by atomic mass is 9.98. The van der Waals surface area contributed by atoms with E-state index in [-0.39, 0.29) is 0 Å². The fourth-order valence-electron chi connectivity index (χ4n) is 2.22. The second kappa shape index (κ2) is 4.86. The molecule has 0 amide bonds. The van der Waals surface area contributed by atoms with Gasteiger partial charge in [0.1, 0.15) is 11.3 Å². The summed E-state index contributed by atoms with van der Waals surface area (Å²) in [4.78, 5) is 12.9. The van der Waals surface area contributed by atoms with Gasteiger partial charge in [-0.3, -0.25) is 4.98 Å². The van der Waals surface area contributed by atoms with Crippen LogP contribution in [0.5, 0.6) is 0 Å². The van der Waals surface area contributed by atoms with Crippen LogP contribution in [0.2, 0.25) is 0 Å². The van der Waals surface area contributed by atoms with E-state index >= 15 is 0 Å². The molecule has 3 heterocycles. The third kappa shape index (κ3) is 2.26. The Morgan fingerprint density at radius 2 is 2.17 bits per heavy atom. The molecule has 1 aliphatic rings. The fraction of sp³-hybridized carbons (Fsp3) is 0.462. The van der Waals surface area contributed by atoms with Gasteiger partial charge in [0.05, 0.1) is 6.61 Å². The third-order valence-electron chi connectivity index (χ3n) is 3.31. The first-order chi connectivity index (χ1) is 8.83. The topological polar surface area (TPSA) is 59.9 Å². The van der Waals surface area contributed by atoms with Crippen LogP contribution in [0.3, 0.4) is 0 Å². The van der Waals surface area contributed by atoms with Gasteiger partial charge in [0.25, 0.3) is 0 Å². The predicted molar refractivity (Wildman–Crippen MR) is 69.3 cm³/mol. The molecule has 18 heavy (non-hydrogen) atoms. The predicted octanol–water partition coefficient (Wildman–Crippen LogP) is 1.86. The molecule has 2 atom stereocenters. The van der Waals surface area contributed by atoms with E-state index in [9.17, 15) is 0 Å². The van der Waals surface area contributed by atoms with Crippen molar-refractivity contribution >= 4 is 17.0 Å². The molecule has 0 aliphatic carbocycles. The van der Waals surface area contributed by atoms with Crippen LogP contribution in [0.25, 0.3) is 11.2 Å². The van der Waals surface area contributed by atoms with Crippen LogP contribution in [0.15, 0.2) is 24.5 Å². The highest BCUT2D eigenvalue weighted by atomic mass is 16.5. The van der Waals surface area contributed by atoms with E-state index in [1.54, 1.807) is 12.4 Å². The molecule has 0 bridgehead atoms. The van der Waals surface area contributed by atoms with Gasteiger partial charge in [0.2, 0.25) is 0 Å². The normalized spacial score (nSPS) is 24.1. The van der Waals surface area contributed by atoms with E-state index < -0.39 is 0 Å². The lowest BCUT2D eigenvalue weighted by molar-refractivity contribution is 0.0537. The van der Waals surface area contributed by atoms with Crippen molar-refractivity contribution in [3.05, 3.63) is 24.5 Å². The summed E-state index contributed by atoms with van der Waals surface area (Å²) in [6.45, 7) is 3.82. The van der Waals surface area contributed by atoms with E-state index in [0.717, 1.165) is 31.0 Å². The lowest BCUT2D eigenvalue weighted by Gasteiger charge is -2.29. The maximum Gasteiger partial charge on any atom is 0.180 e. The van der Waals surface area contributed by atoms with Crippen LogP contribution >= 0.6 is 0 Å². The maximum atomic E-state index is 5.44. The van der Waals surface area contributed by atoms with Crippen molar-refractivity contribution < 1.29 is 4.74 Å². The average molecular weight is 244 g/mol. The lowest BCUT2D eigenvalue weighted by Crippen LogP contribution is -2.36. The third-order valence-corrected chi connectivity index (χ3v) is 3.31. The van der Waals surface area contributed by atoms with Crippen molar-refractivity contribution in [2.24, 2.45) is 5.92 Å². The van der Waals surface area contributed by atoms with Gasteiger partial charge in [0, 0.05) is 25.0 Å². The first-order valence-corrected chi connectivity index (χ1v) is 6.25. The summed E-state index contributed by atoms with van der Waals surface area (Å²) < 4.78 is 5.44. The fourth-order valence-corrected chi connectivity index (χ4v) is 2.22. The summed E-state index contributed by atoms with van der Waals surface area (Å²) in [5.41, 5.74) is 1.50. The van der Waals surface area contributed by atoms with Crippen molar-refractivity contribution in [1.29, 1.82) is 0 Å². The highest BCUT2D eigenvalue weighted by molar-refractivity contribution is 5.71. The van der Waals surface area contributed by atoms with Gasteiger partial charge in [0.15, 0.2) is 5.65 Å². The second-order valence-electron chi connectivity index (χ2n) is 4.69. The first-order valence-electron chi connectivity index (χ1n) is 6.25. The molecule has 5 nitrogen and oxygen atoms in total. The molecule has 0 spiro atoms. The van der Waals surface area contributed by atoms with Crippen molar-refractivity contribution in [3.63, 3.8) is 0 Å². The van der Waals surface area contributed by atoms with E-state index in [0.29, 0.717) is 17.6 Å². The number of aromatic nitrogens is 3. The van der Waals surface area contributed by atoms with Gasteiger partial charge < -0.3 is 10.1 Å². The maximum absolute atomic E-state index is 5.44. The van der Waals surface area contributed by atoms with Crippen molar-refractivity contribution in [2.75, 3.05) is 18.5 Å². The van der Waals surface area contributed by atoms with E-state index in [1.165, 1.54) is 0 Å². The van der Waals surface area contributed by atoms with Crippen LogP contribution in [0.4, 0.5) is 5.82 Å². The Balaban J connectivity index is 1.81. The standard InChI is InChI=1S/C13H16N4O/c1-9-8-18-7-4-10(9)16-12-3-2-11-13(17-12)15-6-5-14-11/h2-3,5-6,9-10H,4,7-8H2,1H3,(H,15,16,17). The Morgan fingerprint density at radius 3 is 3.06 bits per heavy atom. The molecule has 2 unspecified atom stereocenters. The van der Waals surface area contributed by atoms with E-state index in [2.05, 4.69) is 27.2 Å². The summed E-state index contributed by atoms with van der Waals surface area (Å²) in [6.07, 6.45) is 4.36. The SMILES string of the molecule is CC1COCCC1Nc1ccc2nccnc2n1. The minimum absolute atomic E-state index is 0.417. The molecular formula is C13H16N4O. The van der Waals surface area contributed by atoms with Crippen molar-refractivity contribution in [2.45, 2.75) is 19.4 Å². The summed E-state index contributed by atoms with van der Waals surface area (Å²) in [7, 11) is 0. The Hall–Kier alpha value is -1.75. The molecule has 1 N–H and O–H groups in total. The first kappa shape index (κ1) is 11.3. The molecule has 0 aromatic carbocycles. The van der Waals surface area contributed by atoms with Gasteiger partial charge >= 0.3 is 0 Å². The zero-order chi connectivity index (χ0) is 12.4. The molecule has 1 fully saturated rings. The monoisotopic (exact) mass is 244 g/mol. The molecule has 0 saturated carbocycles. The Bertz CT molecular complexity index is 545.